The first-order chi connectivity index (χ1) is 4.30. The molecule has 0 heterocycles. The van der Waals surface area contributed by atoms with Gasteiger partial charge in [-0.3, -0.25) is 0 Å². The van der Waals surface area contributed by atoms with E-state index in [1.807, 2.05) is 0 Å². The van der Waals surface area contributed by atoms with Crippen molar-refractivity contribution in [3.05, 3.63) is 17.6 Å². The first kappa shape index (κ1) is 6.85. The molecule has 0 aromatic rings. The molecule has 0 spiro atoms. The second kappa shape index (κ2) is 3.05. The van der Waals surface area contributed by atoms with E-state index < -0.39 is 0 Å². The maximum atomic E-state index is 2.39. The van der Waals surface area contributed by atoms with E-state index in [1.54, 1.807) is 5.57 Å². The van der Waals surface area contributed by atoms with Gasteiger partial charge in [-0.15, -0.1) is 0 Å². The predicted octanol–water partition coefficient (Wildman–Crippen LogP) is 3.10. The molecule has 1 radical (unpaired) electrons. The molecule has 51 valence electrons. The van der Waals surface area contributed by atoms with Gasteiger partial charge in [0.25, 0.3) is 0 Å². The molecule has 0 heteroatoms. The van der Waals surface area contributed by atoms with Crippen LogP contribution < -0.4 is 0 Å². The molecule has 1 aliphatic carbocycles. The van der Waals surface area contributed by atoms with Crippen molar-refractivity contribution >= 4 is 0 Å². The van der Waals surface area contributed by atoms with Crippen molar-refractivity contribution in [2.75, 3.05) is 0 Å². The highest BCUT2D eigenvalue weighted by Gasteiger charge is 2.06. The lowest BCUT2D eigenvalue weighted by Crippen LogP contribution is -1.96. The smallest absolute Gasteiger partial charge is 0.00564 e. The van der Waals surface area contributed by atoms with Crippen LogP contribution in [0.4, 0.5) is 0 Å². The average Bonchev–Trinajstić information content (AvgIpc) is 1.90. The summed E-state index contributed by atoms with van der Waals surface area (Å²) < 4.78 is 0. The highest BCUT2D eigenvalue weighted by atomic mass is 14.1. The lowest BCUT2D eigenvalue weighted by Gasteiger charge is -2.14. The van der Waals surface area contributed by atoms with Crippen molar-refractivity contribution in [2.45, 2.75) is 39.5 Å². The summed E-state index contributed by atoms with van der Waals surface area (Å²) >= 11 is 0. The average molecular weight is 123 g/mol. The number of hydrogen-bond donors (Lipinski definition) is 0. The van der Waals surface area contributed by atoms with Gasteiger partial charge in [0, 0.05) is 0 Å². The van der Waals surface area contributed by atoms with E-state index >= 15 is 0 Å². The zero-order chi connectivity index (χ0) is 6.69. The molecule has 0 bridgehead atoms. The van der Waals surface area contributed by atoms with E-state index in [4.69, 9.17) is 0 Å². The Morgan fingerprint density at radius 1 is 1.33 bits per heavy atom. The van der Waals surface area contributed by atoms with E-state index in [1.165, 1.54) is 31.6 Å². The molecule has 0 atom stereocenters. The van der Waals surface area contributed by atoms with Crippen molar-refractivity contribution < 1.29 is 0 Å². The molecule has 0 nitrogen and oxygen atoms in total. The Morgan fingerprint density at radius 2 is 2.11 bits per heavy atom. The minimum Gasteiger partial charge on any atom is -0.0848 e. The molecule has 0 N–H and O–H groups in total. The maximum absolute atomic E-state index is 2.39. The monoisotopic (exact) mass is 123 g/mol. The molecule has 0 saturated heterocycles. The summed E-state index contributed by atoms with van der Waals surface area (Å²) in [5.74, 6) is 1.51. The molecule has 0 amide bonds. The van der Waals surface area contributed by atoms with Crippen molar-refractivity contribution in [2.24, 2.45) is 0 Å². The Hall–Kier alpha value is -0.260. The van der Waals surface area contributed by atoms with Gasteiger partial charge in [-0.05, 0) is 31.6 Å². The number of hydrogen-bond acceptors (Lipinski definition) is 0. The highest BCUT2D eigenvalue weighted by Crippen LogP contribution is 2.24. The van der Waals surface area contributed by atoms with Crippen LogP contribution in [0.1, 0.15) is 39.5 Å². The Morgan fingerprint density at radius 3 is 2.44 bits per heavy atom. The Kier molecular flexibility index (Phi) is 2.32. The lowest BCUT2D eigenvalue weighted by molar-refractivity contribution is 0.692. The van der Waals surface area contributed by atoms with E-state index in [2.05, 4.69) is 19.9 Å². The largest absolute Gasteiger partial charge is 0.0848 e. The first-order valence-electron chi connectivity index (χ1n) is 3.80. The molecular formula is C9H15. The van der Waals surface area contributed by atoms with E-state index in [0.29, 0.717) is 0 Å². The van der Waals surface area contributed by atoms with Gasteiger partial charge in [0.05, 0.1) is 0 Å². The molecule has 1 rings (SSSR count). The topological polar surface area (TPSA) is 0 Å². The van der Waals surface area contributed by atoms with Crippen LogP contribution in [0.5, 0.6) is 0 Å². The quantitative estimate of drug-likeness (QED) is 0.502. The van der Waals surface area contributed by atoms with Crippen LogP contribution >= 0.6 is 0 Å². The molecule has 0 saturated carbocycles. The second-order valence-electron chi connectivity index (χ2n) is 2.98. The molecule has 0 fully saturated rings. The third-order valence-electron chi connectivity index (χ3n) is 1.93. The van der Waals surface area contributed by atoms with Gasteiger partial charge in [-0.2, -0.15) is 0 Å². The Bertz CT molecular complexity index is 109. The van der Waals surface area contributed by atoms with E-state index in [0.717, 1.165) is 0 Å². The van der Waals surface area contributed by atoms with Crippen LogP contribution in [-0.4, -0.2) is 0 Å². The van der Waals surface area contributed by atoms with E-state index in [-0.39, 0.29) is 0 Å². The van der Waals surface area contributed by atoms with Crippen LogP contribution in [0.25, 0.3) is 0 Å². The highest BCUT2D eigenvalue weighted by molar-refractivity contribution is 5.21. The summed E-state index contributed by atoms with van der Waals surface area (Å²) in [6.07, 6.45) is 7.81. The molecule has 0 aromatic heterocycles. The lowest BCUT2D eigenvalue weighted by atomic mass is 9.92. The van der Waals surface area contributed by atoms with Gasteiger partial charge in [0.15, 0.2) is 0 Å². The fourth-order valence-electron chi connectivity index (χ4n) is 1.29. The van der Waals surface area contributed by atoms with E-state index in [9.17, 15) is 0 Å². The standard InChI is InChI=1S/C9H15/c1-8(2)9-6-4-3-5-7-9/h6H,3-5,7H2,1-2H3. The fraction of sp³-hybridized carbons (Fsp3) is 0.667. The summed E-state index contributed by atoms with van der Waals surface area (Å²) in [7, 11) is 0. The van der Waals surface area contributed by atoms with Crippen molar-refractivity contribution in [3.63, 3.8) is 0 Å². The van der Waals surface area contributed by atoms with Gasteiger partial charge < -0.3 is 0 Å². The van der Waals surface area contributed by atoms with Gasteiger partial charge in [0.2, 0.25) is 0 Å². The van der Waals surface area contributed by atoms with Crippen LogP contribution in [0.15, 0.2) is 11.6 Å². The van der Waals surface area contributed by atoms with Gasteiger partial charge in [-0.25, -0.2) is 0 Å². The van der Waals surface area contributed by atoms with Crippen molar-refractivity contribution in [1.82, 2.24) is 0 Å². The molecule has 0 aromatic carbocycles. The maximum Gasteiger partial charge on any atom is -0.00564 e. The van der Waals surface area contributed by atoms with Gasteiger partial charge in [-0.1, -0.05) is 25.5 Å². The van der Waals surface area contributed by atoms with Crippen LogP contribution in [0, 0.1) is 5.92 Å². The second-order valence-corrected chi connectivity index (χ2v) is 2.98. The molecule has 0 aliphatic heterocycles. The number of allylic oxidation sites excluding steroid dienone is 2. The Labute approximate surface area is 58.0 Å². The van der Waals surface area contributed by atoms with Crippen molar-refractivity contribution in [3.8, 4) is 0 Å². The normalized spacial score (nSPS) is 20.1. The third kappa shape index (κ3) is 1.85. The SMILES string of the molecule is C[C](C)C1=CCCCC1. The first-order valence-corrected chi connectivity index (χ1v) is 3.80. The molecule has 9 heavy (non-hydrogen) atoms. The van der Waals surface area contributed by atoms with Crippen molar-refractivity contribution in [1.29, 1.82) is 0 Å². The van der Waals surface area contributed by atoms with Gasteiger partial charge in [0.1, 0.15) is 0 Å². The zero-order valence-electron chi connectivity index (χ0n) is 6.41. The fourth-order valence-corrected chi connectivity index (χ4v) is 1.29. The summed E-state index contributed by atoms with van der Waals surface area (Å²) in [6.45, 7) is 4.41. The molecular weight excluding hydrogens is 108 g/mol. The summed E-state index contributed by atoms with van der Waals surface area (Å²) in [4.78, 5) is 0. The molecule has 0 unspecified atom stereocenters. The minimum atomic E-state index is 1.31. The predicted molar refractivity (Wildman–Crippen MR) is 41.1 cm³/mol. The summed E-state index contributed by atoms with van der Waals surface area (Å²) in [6, 6.07) is 0. The van der Waals surface area contributed by atoms with Crippen LogP contribution in [-0.2, 0) is 0 Å². The van der Waals surface area contributed by atoms with Crippen LogP contribution in [0.2, 0.25) is 0 Å². The summed E-state index contributed by atoms with van der Waals surface area (Å²) in [5.41, 5.74) is 1.60. The third-order valence-corrected chi connectivity index (χ3v) is 1.93. The number of rotatable bonds is 1. The summed E-state index contributed by atoms with van der Waals surface area (Å²) in [5, 5.41) is 0. The zero-order valence-corrected chi connectivity index (χ0v) is 6.41. The van der Waals surface area contributed by atoms with Gasteiger partial charge >= 0.3 is 0 Å². The minimum absolute atomic E-state index is 1.31. The Balaban J connectivity index is 2.46. The van der Waals surface area contributed by atoms with Crippen LogP contribution in [0.3, 0.4) is 0 Å². The molecule has 1 aliphatic rings.